The van der Waals surface area contributed by atoms with Crippen LogP contribution in [0, 0.1) is 0 Å². The lowest BCUT2D eigenvalue weighted by molar-refractivity contribution is -0.138. The first kappa shape index (κ1) is 15.9. The van der Waals surface area contributed by atoms with E-state index in [1.165, 1.54) is 10.5 Å². The minimum absolute atomic E-state index is 0.0487. The van der Waals surface area contributed by atoms with Crippen molar-refractivity contribution in [2.75, 3.05) is 39.8 Å². The molecular weight excluding hydrogens is 290 g/mol. The molecule has 1 aromatic rings. The van der Waals surface area contributed by atoms with Gasteiger partial charge in [0, 0.05) is 39.8 Å². The highest BCUT2D eigenvalue weighted by Crippen LogP contribution is 2.18. The van der Waals surface area contributed by atoms with Crippen LogP contribution in [-0.4, -0.2) is 72.3 Å². The molecule has 1 unspecified atom stereocenters. The Balaban J connectivity index is 1.46. The molecule has 0 spiro atoms. The molecule has 0 radical (unpaired) electrons. The monoisotopic (exact) mass is 313 g/mol. The number of amides is 2. The van der Waals surface area contributed by atoms with Gasteiger partial charge in [0.15, 0.2) is 0 Å². The lowest BCUT2D eigenvalue weighted by Gasteiger charge is -2.36. The van der Waals surface area contributed by atoms with Gasteiger partial charge in [-0.1, -0.05) is 42.5 Å². The molecule has 5 heteroatoms. The van der Waals surface area contributed by atoms with Crippen molar-refractivity contribution in [3.8, 4) is 0 Å². The first-order valence-electron chi connectivity index (χ1n) is 8.13. The van der Waals surface area contributed by atoms with Crippen molar-refractivity contribution >= 4 is 17.9 Å². The number of carbonyl (C=O) groups excluding carboxylic acids is 2. The molecule has 5 nitrogen and oxygen atoms in total. The second-order valence-electron chi connectivity index (χ2n) is 6.16. The number of rotatable bonds is 4. The van der Waals surface area contributed by atoms with Gasteiger partial charge in [-0.05, 0) is 5.56 Å². The van der Waals surface area contributed by atoms with Crippen LogP contribution in [0.2, 0.25) is 0 Å². The number of likely N-dealkylation sites (N-methyl/N-ethyl adjacent to an activating group) is 1. The summed E-state index contributed by atoms with van der Waals surface area (Å²) in [5.41, 5.74) is 1.21. The normalized spacial score (nSPS) is 24.0. The average Bonchev–Trinajstić information content (AvgIpc) is 2.84. The molecule has 0 N–H and O–H groups in total. The van der Waals surface area contributed by atoms with Crippen molar-refractivity contribution in [2.24, 2.45) is 0 Å². The van der Waals surface area contributed by atoms with Gasteiger partial charge in [-0.2, -0.15) is 0 Å². The standard InChI is InChI=1S/C18H23N3O2/c1-19-17(22)14-16(18(19)23)21-12-10-20(11-13-21)9-5-8-15-6-3-2-4-7-15/h2-8,16H,9-14H2,1H3/b8-5-. The number of imide groups is 1. The summed E-state index contributed by atoms with van der Waals surface area (Å²) in [4.78, 5) is 29.5. The molecule has 2 saturated heterocycles. The van der Waals surface area contributed by atoms with E-state index in [4.69, 9.17) is 0 Å². The van der Waals surface area contributed by atoms with E-state index < -0.39 is 0 Å². The first-order valence-corrected chi connectivity index (χ1v) is 8.13. The molecule has 0 bridgehead atoms. The number of carbonyl (C=O) groups is 2. The molecule has 2 amide bonds. The molecule has 2 aliphatic heterocycles. The summed E-state index contributed by atoms with van der Waals surface area (Å²) in [6.45, 7) is 4.47. The number of hydrogen-bond acceptors (Lipinski definition) is 4. The number of piperazine rings is 1. The van der Waals surface area contributed by atoms with Gasteiger partial charge in [0.1, 0.15) is 0 Å². The predicted octanol–water partition coefficient (Wildman–Crippen LogP) is 1.07. The Morgan fingerprint density at radius 2 is 1.78 bits per heavy atom. The van der Waals surface area contributed by atoms with E-state index in [1.54, 1.807) is 7.05 Å². The molecule has 122 valence electrons. The molecule has 1 aromatic carbocycles. The molecule has 2 fully saturated rings. The molecular formula is C18H23N3O2. The van der Waals surface area contributed by atoms with Crippen LogP contribution in [-0.2, 0) is 9.59 Å². The second-order valence-corrected chi connectivity index (χ2v) is 6.16. The summed E-state index contributed by atoms with van der Waals surface area (Å²) < 4.78 is 0. The number of benzene rings is 1. The zero-order chi connectivity index (χ0) is 16.2. The molecule has 0 aromatic heterocycles. The van der Waals surface area contributed by atoms with Crippen molar-refractivity contribution in [2.45, 2.75) is 12.5 Å². The van der Waals surface area contributed by atoms with Gasteiger partial charge in [-0.3, -0.25) is 24.3 Å². The van der Waals surface area contributed by atoms with Crippen LogP contribution in [0.4, 0.5) is 0 Å². The summed E-state index contributed by atoms with van der Waals surface area (Å²) in [5, 5.41) is 0. The third kappa shape index (κ3) is 3.68. The topological polar surface area (TPSA) is 43.9 Å². The molecule has 0 aliphatic carbocycles. The lowest BCUT2D eigenvalue weighted by atomic mass is 10.1. The maximum atomic E-state index is 12.1. The highest BCUT2D eigenvalue weighted by Gasteiger charge is 2.40. The first-order chi connectivity index (χ1) is 11.1. The van der Waals surface area contributed by atoms with Crippen molar-refractivity contribution in [3.63, 3.8) is 0 Å². The summed E-state index contributed by atoms with van der Waals surface area (Å²) in [6, 6.07) is 10.0. The Morgan fingerprint density at radius 3 is 2.39 bits per heavy atom. The van der Waals surface area contributed by atoms with Crippen LogP contribution in [0.15, 0.2) is 36.4 Å². The van der Waals surface area contributed by atoms with Gasteiger partial charge < -0.3 is 0 Å². The molecule has 0 saturated carbocycles. The SMILES string of the molecule is CN1C(=O)CC(N2CCN(C/C=C\c3ccccc3)CC2)C1=O. The molecule has 23 heavy (non-hydrogen) atoms. The van der Waals surface area contributed by atoms with Crippen molar-refractivity contribution in [3.05, 3.63) is 42.0 Å². The predicted molar refractivity (Wildman–Crippen MR) is 89.7 cm³/mol. The summed E-state index contributed by atoms with van der Waals surface area (Å²) in [5.74, 6) is -0.111. The molecule has 3 rings (SSSR count). The zero-order valence-electron chi connectivity index (χ0n) is 13.5. The van der Waals surface area contributed by atoms with Crippen LogP contribution in [0.3, 0.4) is 0 Å². The fraction of sp³-hybridized carbons (Fsp3) is 0.444. The van der Waals surface area contributed by atoms with E-state index in [2.05, 4.69) is 34.1 Å². The highest BCUT2D eigenvalue weighted by atomic mass is 16.2. The van der Waals surface area contributed by atoms with Gasteiger partial charge in [0.05, 0.1) is 12.5 Å². The Kier molecular flexibility index (Phi) is 4.88. The van der Waals surface area contributed by atoms with Crippen LogP contribution < -0.4 is 0 Å². The molecule has 2 heterocycles. The van der Waals surface area contributed by atoms with Gasteiger partial charge in [0.25, 0.3) is 0 Å². The highest BCUT2D eigenvalue weighted by molar-refractivity contribution is 6.05. The third-order valence-corrected chi connectivity index (χ3v) is 4.68. The summed E-state index contributed by atoms with van der Waals surface area (Å²) >= 11 is 0. The van der Waals surface area contributed by atoms with E-state index in [0.717, 1.165) is 32.7 Å². The van der Waals surface area contributed by atoms with Gasteiger partial charge in [-0.25, -0.2) is 0 Å². The average molecular weight is 313 g/mol. The van der Waals surface area contributed by atoms with Gasteiger partial charge in [0.2, 0.25) is 11.8 Å². The van der Waals surface area contributed by atoms with E-state index in [-0.39, 0.29) is 17.9 Å². The van der Waals surface area contributed by atoms with Crippen molar-refractivity contribution in [1.29, 1.82) is 0 Å². The maximum Gasteiger partial charge on any atom is 0.246 e. The van der Waals surface area contributed by atoms with E-state index >= 15 is 0 Å². The largest absolute Gasteiger partial charge is 0.297 e. The maximum absolute atomic E-state index is 12.1. The zero-order valence-corrected chi connectivity index (χ0v) is 13.5. The van der Waals surface area contributed by atoms with Crippen molar-refractivity contribution in [1.82, 2.24) is 14.7 Å². The minimum Gasteiger partial charge on any atom is -0.297 e. The Labute approximate surface area is 137 Å². The number of nitrogens with zero attached hydrogens (tertiary/aromatic N) is 3. The third-order valence-electron chi connectivity index (χ3n) is 4.68. The van der Waals surface area contributed by atoms with Crippen LogP contribution in [0.1, 0.15) is 12.0 Å². The molecule has 1 atom stereocenters. The van der Waals surface area contributed by atoms with Gasteiger partial charge in [-0.15, -0.1) is 0 Å². The quantitative estimate of drug-likeness (QED) is 0.780. The summed E-state index contributed by atoms with van der Waals surface area (Å²) in [7, 11) is 1.58. The van der Waals surface area contributed by atoms with Crippen LogP contribution in [0.25, 0.3) is 6.08 Å². The van der Waals surface area contributed by atoms with E-state index in [1.807, 2.05) is 18.2 Å². The molecule has 2 aliphatic rings. The fourth-order valence-electron chi connectivity index (χ4n) is 3.18. The number of likely N-dealkylation sites (tertiary alicyclic amines) is 1. The minimum atomic E-state index is -0.241. The van der Waals surface area contributed by atoms with Gasteiger partial charge >= 0.3 is 0 Å². The number of hydrogen-bond donors (Lipinski definition) is 0. The van der Waals surface area contributed by atoms with Crippen LogP contribution >= 0.6 is 0 Å². The van der Waals surface area contributed by atoms with Crippen LogP contribution in [0.5, 0.6) is 0 Å². The summed E-state index contributed by atoms with van der Waals surface area (Å²) in [6.07, 6.45) is 4.66. The smallest absolute Gasteiger partial charge is 0.246 e. The Morgan fingerprint density at radius 1 is 1.09 bits per heavy atom. The van der Waals surface area contributed by atoms with Crippen molar-refractivity contribution < 1.29 is 9.59 Å². The van der Waals surface area contributed by atoms with E-state index in [9.17, 15) is 9.59 Å². The lowest BCUT2D eigenvalue weighted by Crippen LogP contribution is -2.52. The Hall–Kier alpha value is -1.98. The Bertz CT molecular complexity index is 592. The fourth-order valence-corrected chi connectivity index (χ4v) is 3.18. The second kappa shape index (κ2) is 7.06. The van der Waals surface area contributed by atoms with E-state index in [0.29, 0.717) is 6.42 Å².